The molecule has 0 atom stereocenters. The van der Waals surface area contributed by atoms with E-state index < -0.39 is 0 Å². The summed E-state index contributed by atoms with van der Waals surface area (Å²) < 4.78 is 6.88. The van der Waals surface area contributed by atoms with Gasteiger partial charge in [-0.15, -0.1) is 0 Å². The highest BCUT2D eigenvalue weighted by molar-refractivity contribution is 6.30. The molecule has 0 radical (unpaired) electrons. The third-order valence-corrected chi connectivity index (χ3v) is 2.64. The molecule has 0 bridgehead atoms. The summed E-state index contributed by atoms with van der Waals surface area (Å²) >= 11 is 5.90. The summed E-state index contributed by atoms with van der Waals surface area (Å²) in [5, 5.41) is 0.640. The molecule has 3 nitrogen and oxygen atoms in total. The number of carbonyl (C=O) groups is 1. The van der Waals surface area contributed by atoms with E-state index in [2.05, 4.69) is 0 Å². The average molecular weight is 238 g/mol. The fourth-order valence-corrected chi connectivity index (χ4v) is 1.87. The van der Waals surface area contributed by atoms with Crippen molar-refractivity contribution in [3.8, 4) is 0 Å². The van der Waals surface area contributed by atoms with E-state index in [1.54, 1.807) is 19.2 Å². The summed E-state index contributed by atoms with van der Waals surface area (Å²) in [4.78, 5) is 11.7. The molecule has 84 valence electrons. The van der Waals surface area contributed by atoms with Gasteiger partial charge < -0.3 is 9.14 Å². The number of aromatic nitrogens is 1. The molecular formula is C12H12ClNO2. The largest absolute Gasteiger partial charge is 0.462 e. The normalized spacial score (nSPS) is 10.7. The quantitative estimate of drug-likeness (QED) is 0.752. The van der Waals surface area contributed by atoms with Gasteiger partial charge in [0.05, 0.1) is 22.7 Å². The van der Waals surface area contributed by atoms with E-state index in [4.69, 9.17) is 16.3 Å². The predicted octanol–water partition coefficient (Wildman–Crippen LogP) is 3.08. The molecule has 0 unspecified atom stereocenters. The Hall–Kier alpha value is -1.48. The molecule has 0 fully saturated rings. The lowest BCUT2D eigenvalue weighted by atomic mass is 10.2. The Morgan fingerprint density at radius 3 is 2.94 bits per heavy atom. The van der Waals surface area contributed by atoms with Gasteiger partial charge in [0.1, 0.15) is 0 Å². The van der Waals surface area contributed by atoms with Crippen molar-refractivity contribution in [2.45, 2.75) is 13.8 Å². The van der Waals surface area contributed by atoms with Crippen LogP contribution in [0.5, 0.6) is 0 Å². The van der Waals surface area contributed by atoms with E-state index in [1.807, 2.05) is 23.5 Å². The SMILES string of the molecule is CCOC(=O)c1cc(C)n2cc(Cl)ccc12. The summed E-state index contributed by atoms with van der Waals surface area (Å²) in [7, 11) is 0. The van der Waals surface area contributed by atoms with Gasteiger partial charge in [-0.05, 0) is 32.0 Å². The lowest BCUT2D eigenvalue weighted by Crippen LogP contribution is -2.03. The minimum atomic E-state index is -0.296. The molecule has 0 aliphatic heterocycles. The van der Waals surface area contributed by atoms with Crippen LogP contribution in [-0.2, 0) is 4.74 Å². The topological polar surface area (TPSA) is 30.7 Å². The third-order valence-electron chi connectivity index (χ3n) is 2.42. The zero-order valence-corrected chi connectivity index (χ0v) is 9.91. The second-order valence-corrected chi connectivity index (χ2v) is 3.96. The Morgan fingerprint density at radius 1 is 1.50 bits per heavy atom. The van der Waals surface area contributed by atoms with E-state index in [9.17, 15) is 4.79 Å². The smallest absolute Gasteiger partial charge is 0.340 e. The van der Waals surface area contributed by atoms with E-state index in [0.717, 1.165) is 11.2 Å². The molecule has 0 N–H and O–H groups in total. The summed E-state index contributed by atoms with van der Waals surface area (Å²) in [5.74, 6) is -0.296. The molecule has 0 spiro atoms. The number of hydrogen-bond acceptors (Lipinski definition) is 2. The highest BCUT2D eigenvalue weighted by Gasteiger charge is 2.14. The lowest BCUT2D eigenvalue weighted by Gasteiger charge is -2.01. The van der Waals surface area contributed by atoms with Crippen LogP contribution in [0.3, 0.4) is 0 Å². The maximum Gasteiger partial charge on any atom is 0.340 e. The number of rotatable bonds is 2. The zero-order chi connectivity index (χ0) is 11.7. The van der Waals surface area contributed by atoms with Crippen molar-refractivity contribution in [2.24, 2.45) is 0 Å². The van der Waals surface area contributed by atoms with Crippen LogP contribution in [0.2, 0.25) is 5.02 Å². The average Bonchev–Trinajstić information content (AvgIpc) is 2.56. The number of aryl methyl sites for hydroxylation is 1. The number of halogens is 1. The molecule has 0 amide bonds. The fourth-order valence-electron chi connectivity index (χ4n) is 1.71. The van der Waals surface area contributed by atoms with Gasteiger partial charge >= 0.3 is 5.97 Å². The van der Waals surface area contributed by atoms with E-state index in [1.165, 1.54) is 0 Å². The molecule has 0 aliphatic carbocycles. The van der Waals surface area contributed by atoms with Crippen molar-refractivity contribution in [1.29, 1.82) is 0 Å². The summed E-state index contributed by atoms with van der Waals surface area (Å²) in [6, 6.07) is 5.39. The van der Waals surface area contributed by atoms with Crippen LogP contribution in [0.1, 0.15) is 23.0 Å². The van der Waals surface area contributed by atoms with Gasteiger partial charge in [0.2, 0.25) is 0 Å². The van der Waals surface area contributed by atoms with Gasteiger partial charge in [0.25, 0.3) is 0 Å². The first-order valence-electron chi connectivity index (χ1n) is 5.08. The summed E-state index contributed by atoms with van der Waals surface area (Å²) in [5.41, 5.74) is 2.36. The number of fused-ring (bicyclic) bond motifs is 1. The van der Waals surface area contributed by atoms with Crippen LogP contribution in [0.4, 0.5) is 0 Å². The highest BCUT2D eigenvalue weighted by Crippen LogP contribution is 2.20. The van der Waals surface area contributed by atoms with Gasteiger partial charge in [0, 0.05) is 11.9 Å². The zero-order valence-electron chi connectivity index (χ0n) is 9.16. The molecule has 2 aromatic rings. The lowest BCUT2D eigenvalue weighted by molar-refractivity contribution is 0.0529. The standard InChI is InChI=1S/C12H12ClNO2/c1-3-16-12(15)10-6-8(2)14-7-9(13)4-5-11(10)14/h4-7H,3H2,1-2H3. The Kier molecular flexibility index (Phi) is 2.88. The number of ether oxygens (including phenoxy) is 1. The highest BCUT2D eigenvalue weighted by atomic mass is 35.5. The van der Waals surface area contributed by atoms with Crippen molar-refractivity contribution in [3.63, 3.8) is 0 Å². The van der Waals surface area contributed by atoms with Crippen molar-refractivity contribution < 1.29 is 9.53 Å². The molecule has 0 saturated carbocycles. The molecule has 16 heavy (non-hydrogen) atoms. The van der Waals surface area contributed by atoms with Crippen LogP contribution in [-0.4, -0.2) is 17.0 Å². The van der Waals surface area contributed by atoms with Crippen LogP contribution in [0, 0.1) is 6.92 Å². The van der Waals surface area contributed by atoms with Crippen LogP contribution in [0.15, 0.2) is 24.4 Å². The third kappa shape index (κ3) is 1.78. The first-order chi connectivity index (χ1) is 7.63. The molecule has 2 heterocycles. The second-order valence-electron chi connectivity index (χ2n) is 3.52. The monoisotopic (exact) mass is 237 g/mol. The van der Waals surface area contributed by atoms with Gasteiger partial charge in [0.15, 0.2) is 0 Å². The van der Waals surface area contributed by atoms with Crippen molar-refractivity contribution >= 4 is 23.1 Å². The predicted molar refractivity (Wildman–Crippen MR) is 63.1 cm³/mol. The number of esters is 1. The van der Waals surface area contributed by atoms with Gasteiger partial charge in [-0.1, -0.05) is 11.6 Å². The Bertz CT molecular complexity index is 545. The molecule has 0 saturated heterocycles. The Balaban J connectivity index is 2.59. The maximum absolute atomic E-state index is 11.7. The summed E-state index contributed by atoms with van der Waals surface area (Å²) in [6.45, 7) is 4.09. The first kappa shape index (κ1) is 11.0. The van der Waals surface area contributed by atoms with Crippen LogP contribution < -0.4 is 0 Å². The molecule has 2 aromatic heterocycles. The summed E-state index contributed by atoms with van der Waals surface area (Å²) in [6.07, 6.45) is 1.79. The second kappa shape index (κ2) is 4.18. The number of nitrogens with zero attached hydrogens (tertiary/aromatic N) is 1. The van der Waals surface area contributed by atoms with E-state index in [-0.39, 0.29) is 5.97 Å². The Morgan fingerprint density at radius 2 is 2.25 bits per heavy atom. The van der Waals surface area contributed by atoms with Crippen molar-refractivity contribution in [3.05, 3.63) is 40.7 Å². The molecular weight excluding hydrogens is 226 g/mol. The molecule has 0 aliphatic rings. The Labute approximate surface area is 98.6 Å². The molecule has 0 aromatic carbocycles. The van der Waals surface area contributed by atoms with Crippen LogP contribution in [0.25, 0.3) is 5.52 Å². The number of carbonyl (C=O) groups excluding carboxylic acids is 1. The maximum atomic E-state index is 11.7. The van der Waals surface area contributed by atoms with Crippen LogP contribution >= 0.6 is 11.6 Å². The fraction of sp³-hybridized carbons (Fsp3) is 0.250. The first-order valence-corrected chi connectivity index (χ1v) is 5.45. The minimum absolute atomic E-state index is 0.296. The van der Waals surface area contributed by atoms with Gasteiger partial charge in [-0.2, -0.15) is 0 Å². The van der Waals surface area contributed by atoms with Crippen molar-refractivity contribution in [2.75, 3.05) is 6.61 Å². The minimum Gasteiger partial charge on any atom is -0.462 e. The van der Waals surface area contributed by atoms with Gasteiger partial charge in [-0.25, -0.2) is 4.79 Å². The van der Waals surface area contributed by atoms with Gasteiger partial charge in [-0.3, -0.25) is 0 Å². The van der Waals surface area contributed by atoms with Crippen molar-refractivity contribution in [1.82, 2.24) is 4.40 Å². The molecule has 2 rings (SSSR count). The number of hydrogen-bond donors (Lipinski definition) is 0. The van der Waals surface area contributed by atoms with E-state index >= 15 is 0 Å². The number of pyridine rings is 1. The van der Waals surface area contributed by atoms with E-state index in [0.29, 0.717) is 17.2 Å². The molecule has 4 heteroatoms.